The van der Waals surface area contributed by atoms with Gasteiger partial charge in [-0.25, -0.2) is 14.3 Å². The lowest BCUT2D eigenvalue weighted by Crippen LogP contribution is -2.04. The van der Waals surface area contributed by atoms with E-state index in [1.54, 1.807) is 0 Å². The second-order valence-electron chi connectivity index (χ2n) is 2.55. The molecule has 0 bridgehead atoms. The highest BCUT2D eigenvalue weighted by Crippen LogP contribution is 2.03. The van der Waals surface area contributed by atoms with Gasteiger partial charge in [-0.15, -0.1) is 5.10 Å². The van der Waals surface area contributed by atoms with Crippen LogP contribution in [0.3, 0.4) is 0 Å². The fourth-order valence-electron chi connectivity index (χ4n) is 1.02. The van der Waals surface area contributed by atoms with Gasteiger partial charge < -0.3 is 10.5 Å². The first-order chi connectivity index (χ1) is 6.70. The standard InChI is InChI=1S/C7H7N5O2/c1-14-5(13)4-2-9-7-10-6(8)11-12(7)3-4/h2-3H,1H3,(H2,8,11). The van der Waals surface area contributed by atoms with Crippen LogP contribution in [-0.2, 0) is 4.74 Å². The van der Waals surface area contributed by atoms with E-state index >= 15 is 0 Å². The molecule has 0 aliphatic carbocycles. The maximum Gasteiger partial charge on any atom is 0.341 e. The van der Waals surface area contributed by atoms with Crippen LogP contribution >= 0.6 is 0 Å². The quantitative estimate of drug-likeness (QED) is 0.613. The predicted molar refractivity (Wildman–Crippen MR) is 46.5 cm³/mol. The van der Waals surface area contributed by atoms with E-state index in [9.17, 15) is 4.79 Å². The van der Waals surface area contributed by atoms with E-state index in [1.165, 1.54) is 24.0 Å². The molecule has 0 aliphatic rings. The lowest BCUT2D eigenvalue weighted by molar-refractivity contribution is 0.0599. The summed E-state index contributed by atoms with van der Waals surface area (Å²) in [6.07, 6.45) is 2.81. The number of nitrogens with zero attached hydrogens (tertiary/aromatic N) is 4. The Morgan fingerprint density at radius 1 is 1.64 bits per heavy atom. The van der Waals surface area contributed by atoms with Crippen LogP contribution in [0.25, 0.3) is 5.78 Å². The van der Waals surface area contributed by atoms with Gasteiger partial charge in [-0.3, -0.25) is 0 Å². The zero-order valence-corrected chi connectivity index (χ0v) is 7.34. The van der Waals surface area contributed by atoms with E-state index in [2.05, 4.69) is 19.8 Å². The molecule has 7 heteroatoms. The molecule has 0 saturated heterocycles. The summed E-state index contributed by atoms with van der Waals surface area (Å²) >= 11 is 0. The summed E-state index contributed by atoms with van der Waals surface area (Å²) in [5.41, 5.74) is 5.65. The lowest BCUT2D eigenvalue weighted by Gasteiger charge is -1.97. The van der Waals surface area contributed by atoms with Gasteiger partial charge >= 0.3 is 5.97 Å². The molecule has 0 amide bonds. The Morgan fingerprint density at radius 3 is 3.14 bits per heavy atom. The molecule has 72 valence electrons. The molecule has 0 aliphatic heterocycles. The van der Waals surface area contributed by atoms with Crippen molar-refractivity contribution in [1.82, 2.24) is 19.6 Å². The van der Waals surface area contributed by atoms with E-state index in [4.69, 9.17) is 5.73 Å². The number of carbonyl (C=O) groups is 1. The first-order valence-corrected chi connectivity index (χ1v) is 3.77. The number of rotatable bonds is 1. The van der Waals surface area contributed by atoms with Gasteiger partial charge in [-0.2, -0.15) is 4.98 Å². The fourth-order valence-corrected chi connectivity index (χ4v) is 1.02. The number of anilines is 1. The number of esters is 1. The van der Waals surface area contributed by atoms with E-state index in [0.29, 0.717) is 11.3 Å². The summed E-state index contributed by atoms with van der Waals surface area (Å²) in [6, 6.07) is 0. The monoisotopic (exact) mass is 193 g/mol. The van der Waals surface area contributed by atoms with Crippen LogP contribution in [0.2, 0.25) is 0 Å². The van der Waals surface area contributed by atoms with Crippen molar-refractivity contribution in [3.05, 3.63) is 18.0 Å². The number of ether oxygens (including phenoxy) is 1. The van der Waals surface area contributed by atoms with Crippen LogP contribution < -0.4 is 5.73 Å². The average molecular weight is 193 g/mol. The fraction of sp³-hybridized carbons (Fsp3) is 0.143. The number of carbonyl (C=O) groups excluding carboxylic acids is 1. The molecule has 0 spiro atoms. The second kappa shape index (κ2) is 2.95. The van der Waals surface area contributed by atoms with Gasteiger partial charge in [0.05, 0.1) is 12.7 Å². The highest BCUT2D eigenvalue weighted by molar-refractivity contribution is 5.88. The first kappa shape index (κ1) is 8.42. The van der Waals surface area contributed by atoms with Gasteiger partial charge in [-0.05, 0) is 0 Å². The Hall–Kier alpha value is -2.18. The Bertz CT molecular complexity index is 492. The molecule has 2 heterocycles. The second-order valence-corrected chi connectivity index (χ2v) is 2.55. The third-order valence-corrected chi connectivity index (χ3v) is 1.63. The Balaban J connectivity index is 2.55. The van der Waals surface area contributed by atoms with Crippen molar-refractivity contribution in [2.45, 2.75) is 0 Å². The summed E-state index contributed by atoms with van der Waals surface area (Å²) in [4.78, 5) is 18.8. The van der Waals surface area contributed by atoms with E-state index in [-0.39, 0.29) is 5.95 Å². The van der Waals surface area contributed by atoms with Crippen LogP contribution in [-0.4, -0.2) is 32.7 Å². The third-order valence-electron chi connectivity index (χ3n) is 1.63. The van der Waals surface area contributed by atoms with Crippen molar-refractivity contribution < 1.29 is 9.53 Å². The van der Waals surface area contributed by atoms with E-state index < -0.39 is 5.97 Å². The van der Waals surface area contributed by atoms with Crippen LogP contribution in [0.4, 0.5) is 5.95 Å². The zero-order chi connectivity index (χ0) is 10.1. The molecule has 14 heavy (non-hydrogen) atoms. The van der Waals surface area contributed by atoms with Gasteiger partial charge in [0.15, 0.2) is 0 Å². The normalized spacial score (nSPS) is 10.4. The summed E-state index contributed by atoms with van der Waals surface area (Å²) < 4.78 is 5.84. The summed E-state index contributed by atoms with van der Waals surface area (Å²) in [6.45, 7) is 0. The molecule has 2 rings (SSSR count). The minimum Gasteiger partial charge on any atom is -0.465 e. The number of nitrogen functional groups attached to an aromatic ring is 1. The van der Waals surface area contributed by atoms with Crippen LogP contribution in [0.1, 0.15) is 10.4 Å². The molecule has 7 nitrogen and oxygen atoms in total. The van der Waals surface area contributed by atoms with E-state index in [0.717, 1.165) is 0 Å². The Morgan fingerprint density at radius 2 is 2.43 bits per heavy atom. The SMILES string of the molecule is COC(=O)c1cnc2nc(N)nn2c1. The molecule has 2 aromatic rings. The van der Waals surface area contributed by atoms with Crippen molar-refractivity contribution in [3.8, 4) is 0 Å². The molecule has 0 radical (unpaired) electrons. The highest BCUT2D eigenvalue weighted by Gasteiger charge is 2.08. The molecule has 0 saturated carbocycles. The first-order valence-electron chi connectivity index (χ1n) is 3.77. The predicted octanol–water partition coefficient (Wildman–Crippen LogP) is -0.507. The number of aromatic nitrogens is 4. The molecule has 2 N–H and O–H groups in total. The molecule has 0 fully saturated rings. The molecule has 0 unspecified atom stereocenters. The third kappa shape index (κ3) is 1.24. The van der Waals surface area contributed by atoms with Crippen LogP contribution in [0.15, 0.2) is 12.4 Å². The van der Waals surface area contributed by atoms with Crippen molar-refractivity contribution in [1.29, 1.82) is 0 Å². The smallest absolute Gasteiger partial charge is 0.341 e. The molecular formula is C7H7N5O2. The largest absolute Gasteiger partial charge is 0.465 e. The Kier molecular flexibility index (Phi) is 1.77. The van der Waals surface area contributed by atoms with Gasteiger partial charge in [0.1, 0.15) is 0 Å². The zero-order valence-electron chi connectivity index (χ0n) is 7.34. The number of fused-ring (bicyclic) bond motifs is 1. The molecule has 0 aromatic carbocycles. The van der Waals surface area contributed by atoms with Crippen molar-refractivity contribution in [3.63, 3.8) is 0 Å². The maximum absolute atomic E-state index is 11.1. The highest BCUT2D eigenvalue weighted by atomic mass is 16.5. The number of nitrogens with two attached hydrogens (primary N) is 1. The summed E-state index contributed by atoms with van der Waals surface area (Å²) in [7, 11) is 1.29. The summed E-state index contributed by atoms with van der Waals surface area (Å²) in [5, 5.41) is 3.80. The molecular weight excluding hydrogens is 186 g/mol. The maximum atomic E-state index is 11.1. The van der Waals surface area contributed by atoms with Gasteiger partial charge in [0.2, 0.25) is 5.95 Å². The van der Waals surface area contributed by atoms with Gasteiger partial charge in [0, 0.05) is 12.4 Å². The van der Waals surface area contributed by atoms with Crippen LogP contribution in [0.5, 0.6) is 0 Å². The van der Waals surface area contributed by atoms with Crippen LogP contribution in [0, 0.1) is 0 Å². The molecule has 0 atom stereocenters. The Labute approximate surface area is 78.5 Å². The minimum atomic E-state index is -0.478. The topological polar surface area (TPSA) is 95.4 Å². The van der Waals surface area contributed by atoms with E-state index in [1.807, 2.05) is 0 Å². The number of hydrogen-bond donors (Lipinski definition) is 1. The number of hydrogen-bond acceptors (Lipinski definition) is 6. The summed E-state index contributed by atoms with van der Waals surface area (Å²) in [5.74, 6) is -0.0249. The average Bonchev–Trinajstić information content (AvgIpc) is 2.55. The van der Waals surface area contributed by atoms with Crippen molar-refractivity contribution >= 4 is 17.7 Å². The number of methoxy groups -OCH3 is 1. The van der Waals surface area contributed by atoms with Crippen molar-refractivity contribution in [2.24, 2.45) is 0 Å². The van der Waals surface area contributed by atoms with Gasteiger partial charge in [0.25, 0.3) is 5.78 Å². The van der Waals surface area contributed by atoms with Crippen molar-refractivity contribution in [2.75, 3.05) is 12.8 Å². The minimum absolute atomic E-state index is 0.111. The lowest BCUT2D eigenvalue weighted by atomic mass is 10.3. The molecule has 2 aromatic heterocycles. The van der Waals surface area contributed by atoms with Gasteiger partial charge in [-0.1, -0.05) is 0 Å².